The lowest BCUT2D eigenvalue weighted by atomic mass is 10.2. The lowest BCUT2D eigenvalue weighted by molar-refractivity contribution is 0.402. The van der Waals surface area contributed by atoms with Crippen molar-refractivity contribution in [2.75, 3.05) is 13.7 Å². The van der Waals surface area contributed by atoms with Crippen LogP contribution in [-0.4, -0.2) is 18.0 Å². The highest BCUT2D eigenvalue weighted by atomic mass is 32.1. The van der Waals surface area contributed by atoms with Crippen molar-refractivity contribution in [1.82, 2.24) is 9.69 Å². The van der Waals surface area contributed by atoms with Gasteiger partial charge in [0.1, 0.15) is 0 Å². The van der Waals surface area contributed by atoms with Gasteiger partial charge in [0, 0.05) is 17.0 Å². The molecule has 0 saturated heterocycles. The molecule has 1 heterocycles. The van der Waals surface area contributed by atoms with Crippen molar-refractivity contribution in [2.24, 2.45) is 0 Å². The van der Waals surface area contributed by atoms with Crippen LogP contribution in [-0.2, 0) is 0 Å². The predicted octanol–water partition coefficient (Wildman–Crippen LogP) is 2.38. The first-order valence-corrected chi connectivity index (χ1v) is 5.40. The quantitative estimate of drug-likeness (QED) is 0.580. The second-order valence-corrected chi connectivity index (χ2v) is 3.86. The van der Waals surface area contributed by atoms with E-state index in [0.717, 1.165) is 13.0 Å². The highest BCUT2D eigenvalue weighted by molar-refractivity contribution is 7.06. The number of methoxy groups -OCH3 is 1. The average molecular weight is 212 g/mol. The van der Waals surface area contributed by atoms with Gasteiger partial charge in [0.15, 0.2) is 0 Å². The van der Waals surface area contributed by atoms with Gasteiger partial charge in [0.2, 0.25) is 5.88 Å². The minimum absolute atomic E-state index is 0.330. The van der Waals surface area contributed by atoms with E-state index in [2.05, 4.69) is 23.2 Å². The lowest BCUT2D eigenvalue weighted by Gasteiger charge is -2.09. The lowest BCUT2D eigenvalue weighted by Crippen LogP contribution is -2.18. The van der Waals surface area contributed by atoms with Crippen molar-refractivity contribution >= 4 is 11.5 Å². The third kappa shape index (κ3) is 3.12. The summed E-state index contributed by atoms with van der Waals surface area (Å²) in [5, 5.41) is 3.38. The van der Waals surface area contributed by atoms with Crippen LogP contribution in [0.25, 0.3) is 0 Å². The van der Waals surface area contributed by atoms with Crippen LogP contribution in [0.4, 0.5) is 0 Å². The van der Waals surface area contributed by atoms with Crippen LogP contribution in [0.3, 0.4) is 0 Å². The van der Waals surface area contributed by atoms with Crippen molar-refractivity contribution in [1.29, 1.82) is 0 Å². The normalized spacial score (nSPS) is 12.4. The first kappa shape index (κ1) is 11.2. The molecule has 0 aliphatic rings. The molecular weight excluding hydrogens is 196 g/mol. The monoisotopic (exact) mass is 212 g/mol. The van der Waals surface area contributed by atoms with Crippen LogP contribution in [0, 0.1) is 0 Å². The highest BCUT2D eigenvalue weighted by Gasteiger charge is 2.08. The number of nitrogens with one attached hydrogen (secondary N) is 1. The maximum atomic E-state index is 5.03. The van der Waals surface area contributed by atoms with E-state index in [9.17, 15) is 0 Å². The Labute approximate surface area is 89.0 Å². The molecule has 0 aromatic carbocycles. The summed E-state index contributed by atoms with van der Waals surface area (Å²) in [6, 6.07) is 2.30. The van der Waals surface area contributed by atoms with Crippen molar-refractivity contribution in [3.63, 3.8) is 0 Å². The topological polar surface area (TPSA) is 34.1 Å². The summed E-state index contributed by atoms with van der Waals surface area (Å²) in [4.78, 5) is 1.20. The molecule has 1 N–H and O–H groups in total. The van der Waals surface area contributed by atoms with Crippen LogP contribution in [0.2, 0.25) is 0 Å². The molecule has 0 bridgehead atoms. The fourth-order valence-electron chi connectivity index (χ4n) is 1.07. The van der Waals surface area contributed by atoms with Gasteiger partial charge in [-0.05, 0) is 31.4 Å². The molecule has 0 saturated carbocycles. The summed E-state index contributed by atoms with van der Waals surface area (Å²) < 4.78 is 9.17. The second-order valence-electron chi connectivity index (χ2n) is 3.02. The second kappa shape index (κ2) is 5.78. The first-order chi connectivity index (χ1) is 6.77. The van der Waals surface area contributed by atoms with E-state index in [1.807, 2.05) is 12.1 Å². The molecule has 0 fully saturated rings. The summed E-state index contributed by atoms with van der Waals surface area (Å²) in [6.45, 7) is 6.75. The Morgan fingerprint density at radius 1 is 1.79 bits per heavy atom. The molecule has 0 spiro atoms. The molecule has 0 amide bonds. The van der Waals surface area contributed by atoms with Gasteiger partial charge in [-0.1, -0.05) is 6.08 Å². The van der Waals surface area contributed by atoms with Crippen molar-refractivity contribution in [2.45, 2.75) is 19.4 Å². The van der Waals surface area contributed by atoms with Crippen LogP contribution in [0.15, 0.2) is 18.7 Å². The van der Waals surface area contributed by atoms with E-state index >= 15 is 0 Å². The van der Waals surface area contributed by atoms with Crippen LogP contribution in [0.5, 0.6) is 5.88 Å². The molecule has 3 nitrogen and oxygen atoms in total. The van der Waals surface area contributed by atoms with Crippen molar-refractivity contribution in [3.05, 3.63) is 23.6 Å². The molecule has 1 atom stereocenters. The average Bonchev–Trinajstić information content (AvgIpc) is 2.66. The smallest absolute Gasteiger partial charge is 0.225 e. The zero-order valence-electron chi connectivity index (χ0n) is 8.62. The molecule has 1 aromatic rings. The van der Waals surface area contributed by atoms with Crippen LogP contribution < -0.4 is 10.1 Å². The van der Waals surface area contributed by atoms with Gasteiger partial charge < -0.3 is 10.1 Å². The first-order valence-electron chi connectivity index (χ1n) is 4.62. The van der Waals surface area contributed by atoms with Gasteiger partial charge in [-0.25, -0.2) is 0 Å². The zero-order valence-corrected chi connectivity index (χ0v) is 9.43. The molecule has 78 valence electrons. The molecule has 0 aliphatic heterocycles. The number of hydrogen-bond donors (Lipinski definition) is 1. The number of hydrogen-bond acceptors (Lipinski definition) is 4. The van der Waals surface area contributed by atoms with E-state index in [1.165, 1.54) is 16.4 Å². The largest absolute Gasteiger partial charge is 0.480 e. The minimum Gasteiger partial charge on any atom is -0.480 e. The van der Waals surface area contributed by atoms with Gasteiger partial charge in [-0.3, -0.25) is 0 Å². The Hall–Kier alpha value is -0.870. The predicted molar refractivity (Wildman–Crippen MR) is 59.9 cm³/mol. The fourth-order valence-corrected chi connectivity index (χ4v) is 1.79. The zero-order chi connectivity index (χ0) is 10.4. The molecule has 14 heavy (non-hydrogen) atoms. The van der Waals surface area contributed by atoms with Gasteiger partial charge in [0.25, 0.3) is 0 Å². The summed E-state index contributed by atoms with van der Waals surface area (Å²) in [6.07, 6.45) is 2.90. The number of ether oxygens (including phenoxy) is 1. The van der Waals surface area contributed by atoms with E-state index < -0.39 is 0 Å². The van der Waals surface area contributed by atoms with E-state index in [0.29, 0.717) is 11.9 Å². The van der Waals surface area contributed by atoms with E-state index in [-0.39, 0.29) is 0 Å². The highest BCUT2D eigenvalue weighted by Crippen LogP contribution is 2.22. The Kier molecular flexibility index (Phi) is 4.62. The summed E-state index contributed by atoms with van der Waals surface area (Å²) in [5.74, 6) is 0.697. The molecule has 1 unspecified atom stereocenters. The molecule has 1 aromatic heterocycles. The third-order valence-electron chi connectivity index (χ3n) is 1.94. The Balaban J connectivity index is 2.43. The van der Waals surface area contributed by atoms with Gasteiger partial charge in [0.05, 0.1) is 7.11 Å². The Morgan fingerprint density at radius 2 is 2.57 bits per heavy atom. The Morgan fingerprint density at radius 3 is 3.14 bits per heavy atom. The Bertz CT molecular complexity index is 285. The summed E-state index contributed by atoms with van der Waals surface area (Å²) >= 11 is 1.48. The fraction of sp³-hybridized carbons (Fsp3) is 0.500. The number of aromatic nitrogens is 1. The van der Waals surface area contributed by atoms with Crippen molar-refractivity contribution in [3.8, 4) is 5.88 Å². The van der Waals surface area contributed by atoms with Gasteiger partial charge in [-0.2, -0.15) is 4.37 Å². The van der Waals surface area contributed by atoms with Crippen molar-refractivity contribution < 1.29 is 4.74 Å². The maximum Gasteiger partial charge on any atom is 0.225 e. The van der Waals surface area contributed by atoms with Gasteiger partial charge >= 0.3 is 0 Å². The number of rotatable bonds is 6. The SMILES string of the molecule is C=CCCNC(C)c1cc(OC)ns1. The minimum atomic E-state index is 0.330. The molecular formula is C10H16N2OS. The third-order valence-corrected chi connectivity index (χ3v) is 2.90. The van der Waals surface area contributed by atoms with Gasteiger partial charge in [-0.15, -0.1) is 6.58 Å². The molecule has 0 radical (unpaired) electrons. The molecule has 4 heteroatoms. The summed E-state index contributed by atoms with van der Waals surface area (Å²) in [5.41, 5.74) is 0. The molecule has 1 rings (SSSR count). The molecule has 0 aliphatic carbocycles. The summed E-state index contributed by atoms with van der Waals surface area (Å²) in [7, 11) is 1.63. The maximum absolute atomic E-state index is 5.03. The van der Waals surface area contributed by atoms with Crippen LogP contribution >= 0.6 is 11.5 Å². The van der Waals surface area contributed by atoms with Crippen LogP contribution in [0.1, 0.15) is 24.3 Å². The number of nitrogens with zero attached hydrogens (tertiary/aromatic N) is 1. The van der Waals surface area contributed by atoms with E-state index in [4.69, 9.17) is 4.74 Å². The standard InChI is InChI=1S/C10H16N2OS/c1-4-5-6-11-8(2)9-7-10(13-3)12-14-9/h4,7-8,11H,1,5-6H2,2-3H3. The van der Waals surface area contributed by atoms with E-state index in [1.54, 1.807) is 7.11 Å².